The first-order valence-electron chi connectivity index (χ1n) is 8.58. The van der Waals surface area contributed by atoms with Gasteiger partial charge in [0.15, 0.2) is 5.82 Å². The maximum atomic E-state index is 12.8. The van der Waals surface area contributed by atoms with Crippen molar-refractivity contribution in [1.82, 2.24) is 15.0 Å². The lowest BCUT2D eigenvalue weighted by atomic mass is 9.96. The van der Waals surface area contributed by atoms with Crippen molar-refractivity contribution < 1.29 is 19.2 Å². The molecule has 7 nitrogen and oxygen atoms in total. The van der Waals surface area contributed by atoms with E-state index in [9.17, 15) is 14.7 Å². The van der Waals surface area contributed by atoms with Crippen LogP contribution in [0, 0.1) is 17.3 Å². The van der Waals surface area contributed by atoms with Crippen molar-refractivity contribution >= 4 is 11.9 Å². The Kier molecular flexibility index (Phi) is 4.13. The molecule has 1 unspecified atom stereocenters. The number of carboxylic acid groups (broad SMARTS) is 1. The Bertz CT molecular complexity index is 652. The van der Waals surface area contributed by atoms with Crippen LogP contribution in [0.15, 0.2) is 4.52 Å². The first kappa shape index (κ1) is 16.9. The zero-order chi connectivity index (χ0) is 17.6. The summed E-state index contributed by atoms with van der Waals surface area (Å²) in [6.07, 6.45) is 1.78. The Morgan fingerprint density at radius 1 is 1.33 bits per heavy atom. The molecule has 2 fully saturated rings. The molecular weight excluding hydrogens is 310 g/mol. The van der Waals surface area contributed by atoms with E-state index in [0.717, 1.165) is 12.8 Å². The molecule has 0 aromatic carbocycles. The average molecular weight is 335 g/mol. The predicted molar refractivity (Wildman–Crippen MR) is 85.3 cm³/mol. The summed E-state index contributed by atoms with van der Waals surface area (Å²) in [4.78, 5) is 30.3. The van der Waals surface area contributed by atoms with Crippen LogP contribution in [0.3, 0.4) is 0 Å². The number of carbonyl (C=O) groups is 2. The average Bonchev–Trinajstić information content (AvgIpc) is 2.88. The quantitative estimate of drug-likeness (QED) is 0.906. The molecule has 1 N–H and O–H groups in total. The van der Waals surface area contributed by atoms with Crippen molar-refractivity contribution in [3.63, 3.8) is 0 Å². The van der Waals surface area contributed by atoms with E-state index in [0.29, 0.717) is 24.8 Å². The van der Waals surface area contributed by atoms with Gasteiger partial charge < -0.3 is 14.5 Å². The van der Waals surface area contributed by atoms with Gasteiger partial charge in [-0.25, -0.2) is 0 Å². The lowest BCUT2D eigenvalue weighted by Gasteiger charge is -2.31. The highest BCUT2D eigenvalue weighted by Crippen LogP contribution is 2.59. The predicted octanol–water partition coefficient (Wildman–Crippen LogP) is 2.26. The van der Waals surface area contributed by atoms with Crippen LogP contribution in [0.1, 0.15) is 64.1 Å². The van der Waals surface area contributed by atoms with Crippen LogP contribution in [0.25, 0.3) is 0 Å². The maximum Gasteiger partial charge on any atom is 0.307 e. The summed E-state index contributed by atoms with van der Waals surface area (Å²) in [5, 5.41) is 13.4. The summed E-state index contributed by atoms with van der Waals surface area (Å²) < 4.78 is 5.27. The van der Waals surface area contributed by atoms with Crippen molar-refractivity contribution in [2.75, 3.05) is 13.1 Å². The Hall–Kier alpha value is -1.92. The fourth-order valence-electron chi connectivity index (χ4n) is 3.79. The number of carbonyl (C=O) groups excluding carboxylic acids is 1. The first-order valence-corrected chi connectivity index (χ1v) is 8.58. The molecule has 2 heterocycles. The summed E-state index contributed by atoms with van der Waals surface area (Å²) in [6.45, 7) is 8.90. The molecule has 132 valence electrons. The van der Waals surface area contributed by atoms with Crippen LogP contribution in [0.2, 0.25) is 0 Å². The van der Waals surface area contributed by atoms with Crippen molar-refractivity contribution in [1.29, 1.82) is 0 Å². The van der Waals surface area contributed by atoms with Gasteiger partial charge in [0.25, 0.3) is 0 Å². The first-order chi connectivity index (χ1) is 11.2. The molecule has 3 rings (SSSR count). The molecule has 1 saturated carbocycles. The second-order valence-electron chi connectivity index (χ2n) is 7.88. The van der Waals surface area contributed by atoms with Crippen molar-refractivity contribution in [2.24, 2.45) is 17.3 Å². The van der Waals surface area contributed by atoms with Gasteiger partial charge in [0.05, 0.1) is 11.8 Å². The molecule has 0 bridgehead atoms. The normalized spacial score (nSPS) is 28.9. The molecule has 7 heteroatoms. The van der Waals surface area contributed by atoms with Crippen molar-refractivity contribution in [3.8, 4) is 0 Å². The Morgan fingerprint density at radius 2 is 2.04 bits per heavy atom. The van der Waals surface area contributed by atoms with Crippen LogP contribution >= 0.6 is 0 Å². The fourth-order valence-corrected chi connectivity index (χ4v) is 3.79. The molecule has 2 aliphatic rings. The van der Waals surface area contributed by atoms with E-state index in [1.54, 1.807) is 4.90 Å². The minimum absolute atomic E-state index is 0.0512. The third kappa shape index (κ3) is 2.80. The fraction of sp³-hybridized carbons (Fsp3) is 0.765. The SMILES string of the molecule is CC(C)c1nc(C2CCCN(C(=O)[C@@H]3[C@H](C(=O)O)C3(C)C)C2)no1. The highest BCUT2D eigenvalue weighted by atomic mass is 16.5. The third-order valence-electron chi connectivity index (χ3n) is 5.41. The lowest BCUT2D eigenvalue weighted by Crippen LogP contribution is -2.41. The molecule has 1 aromatic rings. The zero-order valence-corrected chi connectivity index (χ0v) is 14.7. The molecular formula is C17H25N3O4. The van der Waals surface area contributed by atoms with Crippen molar-refractivity contribution in [2.45, 2.75) is 52.4 Å². The van der Waals surface area contributed by atoms with Gasteiger partial charge in [0, 0.05) is 24.9 Å². The molecule has 0 spiro atoms. The van der Waals surface area contributed by atoms with Crippen LogP contribution in [-0.2, 0) is 9.59 Å². The number of aromatic nitrogens is 2. The summed E-state index contributed by atoms with van der Waals surface area (Å²) in [5.41, 5.74) is -0.465. The molecule has 0 radical (unpaired) electrons. The Balaban J connectivity index is 1.69. The van der Waals surface area contributed by atoms with Gasteiger partial charge in [-0.3, -0.25) is 9.59 Å². The van der Waals surface area contributed by atoms with Gasteiger partial charge in [-0.1, -0.05) is 32.9 Å². The van der Waals surface area contributed by atoms with E-state index >= 15 is 0 Å². The van der Waals surface area contributed by atoms with Crippen molar-refractivity contribution in [3.05, 3.63) is 11.7 Å². The number of rotatable bonds is 4. The number of likely N-dealkylation sites (tertiary alicyclic amines) is 1. The molecule has 1 aliphatic heterocycles. The van der Waals surface area contributed by atoms with Crippen LogP contribution < -0.4 is 0 Å². The van der Waals surface area contributed by atoms with Gasteiger partial charge in [0.2, 0.25) is 11.8 Å². The third-order valence-corrected chi connectivity index (χ3v) is 5.41. The maximum absolute atomic E-state index is 12.8. The number of carboxylic acids is 1. The molecule has 24 heavy (non-hydrogen) atoms. The zero-order valence-electron chi connectivity index (χ0n) is 14.7. The van der Waals surface area contributed by atoms with Gasteiger partial charge in [-0.15, -0.1) is 0 Å². The Labute approximate surface area is 141 Å². The second-order valence-corrected chi connectivity index (χ2v) is 7.88. The van der Waals surface area contributed by atoms with Gasteiger partial charge in [-0.2, -0.15) is 4.98 Å². The van der Waals surface area contributed by atoms with Gasteiger partial charge >= 0.3 is 5.97 Å². The summed E-state index contributed by atoms with van der Waals surface area (Å²) in [6, 6.07) is 0. The van der Waals surface area contributed by atoms with E-state index in [4.69, 9.17) is 4.52 Å². The number of amides is 1. The molecule has 1 saturated heterocycles. The molecule has 1 amide bonds. The van der Waals surface area contributed by atoms with E-state index in [1.807, 2.05) is 27.7 Å². The monoisotopic (exact) mass is 335 g/mol. The molecule has 1 aromatic heterocycles. The van der Waals surface area contributed by atoms with Gasteiger partial charge in [0.1, 0.15) is 0 Å². The number of nitrogens with zero attached hydrogens (tertiary/aromatic N) is 3. The number of piperidine rings is 1. The minimum atomic E-state index is -0.883. The molecule has 3 atom stereocenters. The highest BCUT2D eigenvalue weighted by molar-refractivity contribution is 5.91. The van der Waals surface area contributed by atoms with E-state index in [1.165, 1.54) is 0 Å². The summed E-state index contributed by atoms with van der Waals surface area (Å²) in [5.74, 6) is -0.436. The minimum Gasteiger partial charge on any atom is -0.481 e. The van der Waals surface area contributed by atoms with E-state index < -0.39 is 23.2 Å². The number of hydrogen-bond donors (Lipinski definition) is 1. The largest absolute Gasteiger partial charge is 0.481 e. The standard InChI is InChI=1S/C17H25N3O4/c1-9(2)14-18-13(19-24-14)10-6-5-7-20(8-10)15(21)11-12(16(22)23)17(11,3)4/h9-12H,5-8H2,1-4H3,(H,22,23)/t10?,11-,12+/m0/s1. The van der Waals surface area contributed by atoms with Crippen LogP contribution in [0.5, 0.6) is 0 Å². The van der Waals surface area contributed by atoms with Crippen LogP contribution in [-0.4, -0.2) is 45.1 Å². The summed E-state index contributed by atoms with van der Waals surface area (Å²) >= 11 is 0. The van der Waals surface area contributed by atoms with E-state index in [2.05, 4.69) is 10.1 Å². The van der Waals surface area contributed by atoms with E-state index in [-0.39, 0.29) is 17.7 Å². The second kappa shape index (κ2) is 5.86. The molecule has 1 aliphatic carbocycles. The number of hydrogen-bond acceptors (Lipinski definition) is 5. The lowest BCUT2D eigenvalue weighted by molar-refractivity contribution is -0.142. The van der Waals surface area contributed by atoms with Crippen LogP contribution in [0.4, 0.5) is 0 Å². The topological polar surface area (TPSA) is 96.5 Å². The van der Waals surface area contributed by atoms with Gasteiger partial charge in [-0.05, 0) is 18.3 Å². The smallest absolute Gasteiger partial charge is 0.307 e. The Morgan fingerprint density at radius 3 is 2.58 bits per heavy atom. The highest BCUT2D eigenvalue weighted by Gasteiger charge is 2.66. The summed E-state index contributed by atoms with van der Waals surface area (Å²) in [7, 11) is 0. The number of aliphatic carboxylic acids is 1.